The minimum atomic E-state index is -5.13. The van der Waals surface area contributed by atoms with Crippen LogP contribution in [0.5, 0.6) is 6.01 Å². The van der Waals surface area contributed by atoms with E-state index in [9.17, 15) is 14.4 Å². The molecule has 5 heterocycles. The van der Waals surface area contributed by atoms with E-state index in [1.165, 1.54) is 7.11 Å². The van der Waals surface area contributed by atoms with Crippen LogP contribution in [0.2, 0.25) is 0 Å². The molecule has 2 aromatic heterocycles. The summed E-state index contributed by atoms with van der Waals surface area (Å²) in [7, 11) is 1.43. The number of benzene rings is 2. The van der Waals surface area contributed by atoms with Gasteiger partial charge >= 0.3 is 12.2 Å². The zero-order valence-corrected chi connectivity index (χ0v) is 30.3. The molecule has 0 spiro atoms. The van der Waals surface area contributed by atoms with Crippen molar-refractivity contribution in [1.29, 1.82) is 5.26 Å². The number of alkyl halides is 4. The number of likely N-dealkylation sites (tertiary alicyclic amines) is 1. The first-order valence-corrected chi connectivity index (χ1v) is 18.7. The molecule has 54 heavy (non-hydrogen) atoms. The summed E-state index contributed by atoms with van der Waals surface area (Å²) >= 11 is 0.683. The van der Waals surface area contributed by atoms with Crippen LogP contribution in [-0.4, -0.2) is 95.5 Å². The third-order valence-electron chi connectivity index (χ3n) is 11.4. The molecule has 3 saturated heterocycles. The SMILES string of the molecule is COC(C)C(=O)N1CCC(N(c2nc(OCC34CCCN3CC(F)C4)nc3c(F)c(-c4ccc(F)c5sc(N)c(C#N)c45)c(C(F)(F)F)cc23)C2CC2)C1. The molecule has 2 aromatic carbocycles. The highest BCUT2D eigenvalue weighted by molar-refractivity contribution is 7.23. The predicted octanol–water partition coefficient (Wildman–Crippen LogP) is 6.82. The van der Waals surface area contributed by atoms with E-state index >= 15 is 22.0 Å². The molecule has 4 fully saturated rings. The van der Waals surface area contributed by atoms with Gasteiger partial charge in [-0.1, -0.05) is 6.07 Å². The van der Waals surface area contributed by atoms with Crippen LogP contribution >= 0.6 is 11.3 Å². The number of anilines is 2. The van der Waals surface area contributed by atoms with Crippen molar-refractivity contribution in [2.24, 2.45) is 0 Å². The molecule has 17 heteroatoms. The van der Waals surface area contributed by atoms with Crippen molar-refractivity contribution >= 4 is 49.1 Å². The molecule has 4 unspecified atom stereocenters. The Balaban J connectivity index is 1.33. The Morgan fingerprint density at radius 2 is 1.96 bits per heavy atom. The van der Waals surface area contributed by atoms with E-state index < -0.39 is 52.3 Å². The standard InChI is InChI=1S/C37H37F6N7O3S/c1-18(52-2)34(51)48-11-8-21(16-48)50(20-4-5-20)33-23-12-25(37(41,42)43)28(22-6-7-26(39)31-27(22)24(14-44)32(45)54-31)29(40)30(23)46-35(47-33)53-17-36-9-3-10-49(36)15-19(38)13-36/h6-7,12,18-21H,3-5,8-11,13,15-17,45H2,1-2H3. The third kappa shape index (κ3) is 6.06. The second-order valence-corrected chi connectivity index (χ2v) is 15.7. The molecule has 4 aliphatic rings. The number of aromatic nitrogens is 2. The summed E-state index contributed by atoms with van der Waals surface area (Å²) in [5.74, 6) is -2.41. The average Bonchev–Trinajstić information content (AvgIpc) is 3.40. The number of carbonyl (C=O) groups excluding carboxylic acids is 1. The van der Waals surface area contributed by atoms with Gasteiger partial charge in [0, 0.05) is 55.5 Å². The molecule has 8 rings (SSSR count). The molecule has 0 radical (unpaired) electrons. The normalized spacial score (nSPS) is 23.6. The highest BCUT2D eigenvalue weighted by atomic mass is 32.1. The first-order chi connectivity index (χ1) is 25.7. The lowest BCUT2D eigenvalue weighted by Crippen LogP contribution is -2.44. The fraction of sp³-hybridized carbons (Fsp3) is 0.514. The predicted molar refractivity (Wildman–Crippen MR) is 190 cm³/mol. The smallest absolute Gasteiger partial charge is 0.417 e. The van der Waals surface area contributed by atoms with Crippen molar-refractivity contribution in [2.75, 3.05) is 50.5 Å². The Morgan fingerprint density at radius 3 is 2.67 bits per heavy atom. The number of fused-ring (bicyclic) bond motifs is 3. The molecule has 1 aliphatic carbocycles. The number of nitrogen functional groups attached to an aromatic ring is 1. The van der Waals surface area contributed by atoms with Gasteiger partial charge in [0.05, 0.1) is 27.4 Å². The fourth-order valence-corrected chi connectivity index (χ4v) is 9.57. The minimum Gasteiger partial charge on any atom is -0.461 e. The number of carbonyl (C=O) groups is 1. The number of ether oxygens (including phenoxy) is 2. The number of nitriles is 1. The lowest BCUT2D eigenvalue weighted by molar-refractivity contribution is -0.140. The molecular formula is C37H37F6N7O3S. The van der Waals surface area contributed by atoms with E-state index in [-0.39, 0.29) is 87.5 Å². The number of hydrogen-bond acceptors (Lipinski definition) is 10. The molecule has 4 atom stereocenters. The summed E-state index contributed by atoms with van der Waals surface area (Å²) in [6.07, 6.45) is -3.32. The van der Waals surface area contributed by atoms with Crippen molar-refractivity contribution in [1.82, 2.24) is 19.8 Å². The molecule has 10 nitrogen and oxygen atoms in total. The molecule has 286 valence electrons. The summed E-state index contributed by atoms with van der Waals surface area (Å²) in [5, 5.41) is 9.31. The van der Waals surface area contributed by atoms with Gasteiger partial charge in [0.25, 0.3) is 5.91 Å². The largest absolute Gasteiger partial charge is 0.461 e. The molecule has 3 aliphatic heterocycles. The van der Waals surface area contributed by atoms with E-state index in [4.69, 9.17) is 15.2 Å². The third-order valence-corrected chi connectivity index (χ3v) is 12.4. The van der Waals surface area contributed by atoms with Crippen molar-refractivity contribution in [3.8, 4) is 23.2 Å². The van der Waals surface area contributed by atoms with Gasteiger partial charge in [0.1, 0.15) is 47.1 Å². The number of nitrogens with zero attached hydrogens (tertiary/aromatic N) is 6. The maximum atomic E-state index is 17.3. The average molecular weight is 774 g/mol. The van der Waals surface area contributed by atoms with Gasteiger partial charge in [-0.15, -0.1) is 11.3 Å². The van der Waals surface area contributed by atoms with E-state index in [0.29, 0.717) is 50.1 Å². The highest BCUT2D eigenvalue weighted by Gasteiger charge is 2.50. The number of hydrogen-bond donors (Lipinski definition) is 1. The number of halogens is 6. The summed E-state index contributed by atoms with van der Waals surface area (Å²) in [6.45, 7) is 3.15. The number of thiophene rings is 1. The highest BCUT2D eigenvalue weighted by Crippen LogP contribution is 2.49. The van der Waals surface area contributed by atoms with Crippen molar-refractivity contribution < 1.29 is 40.6 Å². The van der Waals surface area contributed by atoms with Crippen LogP contribution in [0.25, 0.3) is 32.1 Å². The molecule has 2 N–H and O–H groups in total. The lowest BCUT2D eigenvalue weighted by atomic mass is 9.92. The number of methoxy groups -OCH3 is 1. The Hall–Kier alpha value is -4.40. The van der Waals surface area contributed by atoms with Gasteiger partial charge in [-0.05, 0) is 63.3 Å². The second-order valence-electron chi connectivity index (χ2n) is 14.7. The fourth-order valence-electron chi connectivity index (χ4n) is 8.62. The van der Waals surface area contributed by atoms with Crippen molar-refractivity contribution in [3.05, 3.63) is 41.0 Å². The maximum absolute atomic E-state index is 17.3. The van der Waals surface area contributed by atoms with Crippen LogP contribution in [0.15, 0.2) is 18.2 Å². The van der Waals surface area contributed by atoms with E-state index in [0.717, 1.165) is 24.6 Å². The van der Waals surface area contributed by atoms with Crippen LogP contribution in [0.4, 0.5) is 37.2 Å². The summed E-state index contributed by atoms with van der Waals surface area (Å²) in [6, 6.07) is 3.71. The van der Waals surface area contributed by atoms with Gasteiger partial charge in [0.2, 0.25) is 0 Å². The molecule has 0 bridgehead atoms. The number of nitrogens with two attached hydrogens (primary N) is 1. The first kappa shape index (κ1) is 36.6. The number of rotatable bonds is 9. The molecule has 1 amide bonds. The first-order valence-electron chi connectivity index (χ1n) is 17.9. The van der Waals surface area contributed by atoms with Crippen LogP contribution < -0.4 is 15.4 Å². The van der Waals surface area contributed by atoms with Gasteiger partial charge in [0.15, 0.2) is 5.82 Å². The summed E-state index contributed by atoms with van der Waals surface area (Å²) in [5.41, 5.74) is 1.95. The monoisotopic (exact) mass is 773 g/mol. The zero-order chi connectivity index (χ0) is 38.3. The van der Waals surface area contributed by atoms with Crippen molar-refractivity contribution in [3.63, 3.8) is 0 Å². The van der Waals surface area contributed by atoms with E-state index in [2.05, 4.69) is 9.97 Å². The van der Waals surface area contributed by atoms with Crippen molar-refractivity contribution in [2.45, 2.75) is 81.5 Å². The van der Waals surface area contributed by atoms with Gasteiger partial charge in [-0.2, -0.15) is 28.4 Å². The molecular weight excluding hydrogens is 737 g/mol. The Labute approximate surface area is 310 Å². The quantitative estimate of drug-likeness (QED) is 0.183. The maximum Gasteiger partial charge on any atom is 0.417 e. The Kier molecular flexibility index (Phi) is 9.08. The van der Waals surface area contributed by atoms with Crippen LogP contribution in [0.3, 0.4) is 0 Å². The van der Waals surface area contributed by atoms with E-state index in [1.807, 2.05) is 15.9 Å². The van der Waals surface area contributed by atoms with Gasteiger partial charge in [-0.25, -0.2) is 13.2 Å². The summed E-state index contributed by atoms with van der Waals surface area (Å²) < 4.78 is 104. The topological polar surface area (TPSA) is 121 Å². The molecule has 4 aromatic rings. The van der Waals surface area contributed by atoms with Crippen LogP contribution in [-0.2, 0) is 15.7 Å². The van der Waals surface area contributed by atoms with E-state index in [1.54, 1.807) is 11.8 Å². The molecule has 1 saturated carbocycles. The van der Waals surface area contributed by atoms with Crippen LogP contribution in [0.1, 0.15) is 56.6 Å². The van der Waals surface area contributed by atoms with Gasteiger partial charge < -0.3 is 25.0 Å². The summed E-state index contributed by atoms with van der Waals surface area (Å²) in [4.78, 5) is 27.7. The van der Waals surface area contributed by atoms with Crippen LogP contribution in [0, 0.1) is 23.0 Å². The second kappa shape index (κ2) is 13.4. The van der Waals surface area contributed by atoms with Gasteiger partial charge in [-0.3, -0.25) is 9.69 Å². The lowest BCUT2D eigenvalue weighted by Gasteiger charge is -2.33. The number of amides is 1. The minimum absolute atomic E-state index is 0.0180. The Morgan fingerprint density at radius 1 is 1.19 bits per heavy atom. The zero-order valence-electron chi connectivity index (χ0n) is 29.5. The Bertz CT molecular complexity index is 2210.